The molecule has 2 aromatic rings. The number of likely N-dealkylation sites (N-methyl/N-ethyl adjacent to an activating group) is 1. The van der Waals surface area contributed by atoms with Gasteiger partial charge in [0.15, 0.2) is 0 Å². The average molecular weight is 324 g/mol. The van der Waals surface area contributed by atoms with Gasteiger partial charge in [0.25, 0.3) is 5.56 Å². The number of H-pyrrole nitrogens is 1. The van der Waals surface area contributed by atoms with Gasteiger partial charge in [0.2, 0.25) is 5.95 Å². The zero-order valence-corrected chi connectivity index (χ0v) is 13.6. The van der Waals surface area contributed by atoms with Gasteiger partial charge in [-0.2, -0.15) is 5.26 Å². The van der Waals surface area contributed by atoms with Crippen LogP contribution in [0.2, 0.25) is 0 Å². The lowest BCUT2D eigenvalue weighted by Gasteiger charge is -2.25. The Labute approximate surface area is 140 Å². The molecule has 3 rings (SSSR count). The quantitative estimate of drug-likeness (QED) is 0.867. The van der Waals surface area contributed by atoms with Crippen molar-refractivity contribution in [1.29, 1.82) is 5.26 Å². The van der Waals surface area contributed by atoms with E-state index in [1.807, 2.05) is 31.3 Å². The highest BCUT2D eigenvalue weighted by atomic mass is 16.1. The van der Waals surface area contributed by atoms with Gasteiger partial charge in [-0.25, -0.2) is 4.98 Å². The van der Waals surface area contributed by atoms with Crippen LogP contribution in [0.5, 0.6) is 0 Å². The second-order valence-electron chi connectivity index (χ2n) is 6.08. The van der Waals surface area contributed by atoms with Gasteiger partial charge in [-0.3, -0.25) is 14.7 Å². The van der Waals surface area contributed by atoms with E-state index in [0.29, 0.717) is 23.8 Å². The van der Waals surface area contributed by atoms with Gasteiger partial charge >= 0.3 is 0 Å². The Kier molecular flexibility index (Phi) is 4.49. The molecule has 1 saturated heterocycles. The Hall–Kier alpha value is -2.85. The monoisotopic (exact) mass is 324 g/mol. The number of benzene rings is 1. The molecule has 24 heavy (non-hydrogen) atoms. The molecule has 0 bridgehead atoms. The largest absolute Gasteiger partial charge is 0.370 e. The molecule has 7 heteroatoms. The van der Waals surface area contributed by atoms with E-state index in [1.165, 1.54) is 6.07 Å². The number of nitrogens with one attached hydrogen (secondary N) is 1. The van der Waals surface area contributed by atoms with Crippen LogP contribution >= 0.6 is 0 Å². The van der Waals surface area contributed by atoms with Crippen molar-refractivity contribution >= 4 is 11.6 Å². The Morgan fingerprint density at radius 3 is 2.88 bits per heavy atom. The molecule has 1 aliphatic heterocycles. The van der Waals surface area contributed by atoms with Gasteiger partial charge < -0.3 is 10.6 Å². The molecule has 1 fully saturated rings. The van der Waals surface area contributed by atoms with Crippen LogP contribution in [0.4, 0.5) is 11.6 Å². The first-order valence-electron chi connectivity index (χ1n) is 7.86. The number of nitrogens with two attached hydrogens (primary N) is 1. The molecule has 0 aliphatic carbocycles. The fourth-order valence-electron chi connectivity index (χ4n) is 3.08. The van der Waals surface area contributed by atoms with Gasteiger partial charge in [0.05, 0.1) is 17.3 Å². The van der Waals surface area contributed by atoms with Crippen molar-refractivity contribution in [3.63, 3.8) is 0 Å². The number of anilines is 2. The van der Waals surface area contributed by atoms with Crippen molar-refractivity contribution in [3.8, 4) is 6.07 Å². The standard InChI is InChI=1S/C17H20N6O/c1-22(10-13-8-16(24)21-17(19)20-13)15-6-7-23(11-15)14-4-2-12(9-18)3-5-14/h2-5,8,15H,6-7,10-11H2,1H3,(H3,19,20,21,24)/t15-/m1/s1. The summed E-state index contributed by atoms with van der Waals surface area (Å²) in [7, 11) is 2.03. The summed E-state index contributed by atoms with van der Waals surface area (Å²) in [4.78, 5) is 22.6. The van der Waals surface area contributed by atoms with Crippen LogP contribution in [-0.4, -0.2) is 41.0 Å². The molecule has 3 N–H and O–H groups in total. The number of hydrogen-bond acceptors (Lipinski definition) is 6. The summed E-state index contributed by atoms with van der Waals surface area (Å²) in [6.07, 6.45) is 1.04. The van der Waals surface area contributed by atoms with Gasteiger partial charge in [-0.1, -0.05) is 0 Å². The highest BCUT2D eigenvalue weighted by molar-refractivity contribution is 5.50. The topological polar surface area (TPSA) is 102 Å². The molecule has 0 radical (unpaired) electrons. The summed E-state index contributed by atoms with van der Waals surface area (Å²) in [5.74, 6) is 0.150. The van der Waals surface area contributed by atoms with E-state index >= 15 is 0 Å². The molecule has 124 valence electrons. The third-order valence-corrected chi connectivity index (χ3v) is 4.37. The molecule has 1 atom stereocenters. The molecular weight excluding hydrogens is 304 g/mol. The Morgan fingerprint density at radius 1 is 1.46 bits per heavy atom. The van der Waals surface area contributed by atoms with Crippen LogP contribution in [0.1, 0.15) is 17.7 Å². The Bertz CT molecular complexity index is 807. The molecule has 0 amide bonds. The first-order chi connectivity index (χ1) is 11.5. The van der Waals surface area contributed by atoms with Crippen molar-refractivity contribution in [3.05, 3.63) is 51.9 Å². The molecule has 1 aliphatic rings. The summed E-state index contributed by atoms with van der Waals surface area (Å²) < 4.78 is 0. The minimum absolute atomic E-state index is 0.150. The first-order valence-corrected chi connectivity index (χ1v) is 7.86. The van der Waals surface area contributed by atoms with Crippen LogP contribution in [0.25, 0.3) is 0 Å². The number of nitrogens with zero attached hydrogens (tertiary/aromatic N) is 4. The zero-order valence-electron chi connectivity index (χ0n) is 13.6. The van der Waals surface area contributed by atoms with E-state index in [1.54, 1.807) is 0 Å². The molecule has 0 saturated carbocycles. The molecular formula is C17H20N6O. The van der Waals surface area contributed by atoms with Crippen molar-refractivity contribution in [2.24, 2.45) is 0 Å². The van der Waals surface area contributed by atoms with E-state index in [-0.39, 0.29) is 11.5 Å². The number of nitrogen functional groups attached to an aromatic ring is 1. The number of hydrogen-bond donors (Lipinski definition) is 2. The third-order valence-electron chi connectivity index (χ3n) is 4.37. The lowest BCUT2D eigenvalue weighted by atomic mass is 10.2. The summed E-state index contributed by atoms with van der Waals surface area (Å²) in [6, 6.07) is 11.7. The fourth-order valence-corrected chi connectivity index (χ4v) is 3.08. The van der Waals surface area contributed by atoms with Gasteiger partial charge in [0.1, 0.15) is 0 Å². The number of nitriles is 1. The first kappa shape index (κ1) is 16.0. The van der Waals surface area contributed by atoms with Crippen LogP contribution in [0, 0.1) is 11.3 Å². The lowest BCUT2D eigenvalue weighted by Crippen LogP contribution is -2.34. The predicted octanol–water partition coefficient (Wildman–Crippen LogP) is 0.934. The zero-order chi connectivity index (χ0) is 17.1. The Morgan fingerprint density at radius 2 is 2.21 bits per heavy atom. The number of aromatic amines is 1. The lowest BCUT2D eigenvalue weighted by molar-refractivity contribution is 0.247. The van der Waals surface area contributed by atoms with Crippen LogP contribution in [0.3, 0.4) is 0 Å². The number of aromatic nitrogens is 2. The van der Waals surface area contributed by atoms with Crippen molar-refractivity contribution in [1.82, 2.24) is 14.9 Å². The van der Waals surface area contributed by atoms with E-state index in [4.69, 9.17) is 11.0 Å². The highest BCUT2D eigenvalue weighted by Crippen LogP contribution is 2.23. The smallest absolute Gasteiger partial charge is 0.252 e. The van der Waals surface area contributed by atoms with Crippen LogP contribution in [0.15, 0.2) is 35.1 Å². The summed E-state index contributed by atoms with van der Waals surface area (Å²) >= 11 is 0. The van der Waals surface area contributed by atoms with Gasteiger partial charge in [-0.15, -0.1) is 0 Å². The van der Waals surface area contributed by atoms with E-state index in [9.17, 15) is 4.79 Å². The summed E-state index contributed by atoms with van der Waals surface area (Å²) in [6.45, 7) is 2.45. The van der Waals surface area contributed by atoms with Crippen LogP contribution in [-0.2, 0) is 6.54 Å². The van der Waals surface area contributed by atoms with E-state index in [2.05, 4.69) is 25.8 Å². The maximum Gasteiger partial charge on any atom is 0.252 e. The summed E-state index contributed by atoms with van der Waals surface area (Å²) in [5.41, 5.74) is 7.84. The minimum Gasteiger partial charge on any atom is -0.370 e. The van der Waals surface area contributed by atoms with Crippen LogP contribution < -0.4 is 16.2 Å². The SMILES string of the molecule is CN(Cc1cc(=O)[nH]c(N)n1)[C@@H]1CCN(c2ccc(C#N)cc2)C1. The number of rotatable bonds is 4. The van der Waals surface area contributed by atoms with E-state index < -0.39 is 0 Å². The summed E-state index contributed by atoms with van der Waals surface area (Å²) in [5, 5.41) is 8.88. The van der Waals surface area contributed by atoms with Gasteiger partial charge in [0, 0.05) is 37.4 Å². The molecule has 0 spiro atoms. The van der Waals surface area contributed by atoms with E-state index in [0.717, 1.165) is 25.2 Å². The average Bonchev–Trinajstić information content (AvgIpc) is 3.04. The minimum atomic E-state index is -0.225. The third kappa shape index (κ3) is 3.55. The molecule has 1 aromatic heterocycles. The molecule has 7 nitrogen and oxygen atoms in total. The maximum atomic E-state index is 11.5. The van der Waals surface area contributed by atoms with Crippen molar-refractivity contribution < 1.29 is 0 Å². The van der Waals surface area contributed by atoms with Crippen molar-refractivity contribution in [2.75, 3.05) is 30.8 Å². The second-order valence-corrected chi connectivity index (χ2v) is 6.08. The van der Waals surface area contributed by atoms with Crippen molar-refractivity contribution in [2.45, 2.75) is 19.0 Å². The highest BCUT2D eigenvalue weighted by Gasteiger charge is 2.26. The molecule has 2 heterocycles. The molecule has 1 aromatic carbocycles. The normalized spacial score (nSPS) is 17.2. The predicted molar refractivity (Wildman–Crippen MR) is 92.5 cm³/mol. The fraction of sp³-hybridized carbons (Fsp3) is 0.353. The second kappa shape index (κ2) is 6.72. The maximum absolute atomic E-state index is 11.5. The molecule has 0 unspecified atom stereocenters. The Balaban J connectivity index is 1.64. The van der Waals surface area contributed by atoms with Gasteiger partial charge in [-0.05, 0) is 37.7 Å².